The van der Waals surface area contributed by atoms with Crippen LogP contribution in [0.15, 0.2) is 29.6 Å². The van der Waals surface area contributed by atoms with E-state index in [4.69, 9.17) is 18.9 Å². The Morgan fingerprint density at radius 1 is 1.15 bits per heavy atom. The van der Waals surface area contributed by atoms with E-state index in [9.17, 15) is 9.59 Å². The zero-order chi connectivity index (χ0) is 24.0. The number of hydrogen-bond acceptors (Lipinski definition) is 7. The van der Waals surface area contributed by atoms with Gasteiger partial charge in [0.15, 0.2) is 17.8 Å². The summed E-state index contributed by atoms with van der Waals surface area (Å²) in [5.41, 5.74) is 1.06. The van der Waals surface area contributed by atoms with Gasteiger partial charge in [0.05, 0.1) is 26.2 Å². The number of ether oxygens (including phenoxy) is 4. The predicted molar refractivity (Wildman–Crippen MR) is 126 cm³/mol. The van der Waals surface area contributed by atoms with E-state index in [1.54, 1.807) is 24.1 Å². The molecule has 2 atom stereocenters. The van der Waals surface area contributed by atoms with E-state index in [2.05, 4.69) is 5.32 Å². The van der Waals surface area contributed by atoms with Gasteiger partial charge in [0, 0.05) is 43.7 Å². The summed E-state index contributed by atoms with van der Waals surface area (Å²) in [6, 6.07) is 6.83. The van der Waals surface area contributed by atoms with Crippen LogP contribution in [-0.4, -0.2) is 64.0 Å². The molecular formula is C24H32N2O6S. The Bertz CT molecular complexity index is 943. The molecule has 0 spiro atoms. The van der Waals surface area contributed by atoms with Crippen molar-refractivity contribution in [2.24, 2.45) is 0 Å². The molecule has 0 aliphatic carbocycles. The number of likely N-dealkylation sites (N-methyl/N-ethyl adjacent to an activating group) is 1. The first kappa shape index (κ1) is 25.0. The fourth-order valence-corrected chi connectivity index (χ4v) is 5.06. The van der Waals surface area contributed by atoms with E-state index in [1.807, 2.05) is 31.4 Å². The maximum Gasteiger partial charge on any atom is 0.254 e. The number of benzene rings is 1. The fourth-order valence-electron chi connectivity index (χ4n) is 4.16. The Hall–Kier alpha value is -2.62. The summed E-state index contributed by atoms with van der Waals surface area (Å²) >= 11 is 1.52. The topological polar surface area (TPSA) is 86.3 Å². The van der Waals surface area contributed by atoms with Gasteiger partial charge < -0.3 is 29.2 Å². The van der Waals surface area contributed by atoms with E-state index in [1.165, 1.54) is 25.6 Å². The van der Waals surface area contributed by atoms with Gasteiger partial charge in [-0.25, -0.2) is 0 Å². The molecule has 33 heavy (non-hydrogen) atoms. The summed E-state index contributed by atoms with van der Waals surface area (Å²) in [5.74, 6) is -0.0278. The third-order valence-electron chi connectivity index (χ3n) is 5.68. The number of methoxy groups -OCH3 is 2. The van der Waals surface area contributed by atoms with Crippen LogP contribution in [0.1, 0.15) is 53.0 Å². The lowest BCUT2D eigenvalue weighted by molar-refractivity contribution is -0.140. The van der Waals surface area contributed by atoms with Crippen molar-refractivity contribution < 1.29 is 28.5 Å². The van der Waals surface area contributed by atoms with Gasteiger partial charge in [0.1, 0.15) is 0 Å². The van der Waals surface area contributed by atoms with Crippen LogP contribution in [-0.2, 0) is 14.3 Å². The van der Waals surface area contributed by atoms with Gasteiger partial charge in [-0.05, 0) is 43.0 Å². The van der Waals surface area contributed by atoms with Crippen LogP contribution in [0.2, 0.25) is 0 Å². The molecule has 0 bridgehead atoms. The first-order chi connectivity index (χ1) is 16.0. The number of thiophene rings is 1. The van der Waals surface area contributed by atoms with Gasteiger partial charge >= 0.3 is 0 Å². The second-order valence-electron chi connectivity index (χ2n) is 7.57. The predicted octanol–water partition coefficient (Wildman–Crippen LogP) is 3.58. The van der Waals surface area contributed by atoms with Crippen molar-refractivity contribution in [3.63, 3.8) is 0 Å². The Labute approximate surface area is 198 Å². The smallest absolute Gasteiger partial charge is 0.254 e. The monoisotopic (exact) mass is 476 g/mol. The van der Waals surface area contributed by atoms with Gasteiger partial charge in [-0.1, -0.05) is 6.07 Å². The molecule has 1 aromatic heterocycles. The van der Waals surface area contributed by atoms with Crippen LogP contribution in [0.5, 0.6) is 11.5 Å². The molecule has 1 aliphatic heterocycles. The van der Waals surface area contributed by atoms with Gasteiger partial charge in [0.2, 0.25) is 5.91 Å². The molecule has 8 nitrogen and oxygen atoms in total. The van der Waals surface area contributed by atoms with Crippen molar-refractivity contribution in [2.45, 2.75) is 38.5 Å². The lowest BCUT2D eigenvalue weighted by Crippen LogP contribution is -2.45. The maximum atomic E-state index is 13.6. The van der Waals surface area contributed by atoms with E-state index in [0.29, 0.717) is 48.8 Å². The Morgan fingerprint density at radius 3 is 2.39 bits per heavy atom. The second kappa shape index (κ2) is 11.5. The first-order valence-corrected chi connectivity index (χ1v) is 11.9. The molecular weight excluding hydrogens is 444 g/mol. The van der Waals surface area contributed by atoms with Crippen LogP contribution >= 0.6 is 11.3 Å². The highest BCUT2D eigenvalue weighted by molar-refractivity contribution is 7.10. The highest BCUT2D eigenvalue weighted by Crippen LogP contribution is 2.46. The summed E-state index contributed by atoms with van der Waals surface area (Å²) in [5, 5.41) is 4.98. The third kappa shape index (κ3) is 5.31. The number of rotatable bonds is 11. The molecule has 0 radical (unpaired) electrons. The third-order valence-corrected chi connectivity index (χ3v) is 6.62. The molecule has 2 aromatic rings. The number of amides is 2. The first-order valence-electron chi connectivity index (χ1n) is 11.0. The average Bonchev–Trinajstić information content (AvgIpc) is 3.35. The Morgan fingerprint density at radius 2 is 1.82 bits per heavy atom. The molecule has 2 heterocycles. The zero-order valence-corrected chi connectivity index (χ0v) is 20.6. The molecule has 0 fully saturated rings. The van der Waals surface area contributed by atoms with Crippen LogP contribution in [0, 0.1) is 0 Å². The number of hydrogen-bond donors (Lipinski definition) is 1. The molecule has 2 amide bonds. The second-order valence-corrected chi connectivity index (χ2v) is 8.55. The molecule has 1 aliphatic rings. The minimum Gasteiger partial charge on any atom is -0.493 e. The maximum absolute atomic E-state index is 13.6. The van der Waals surface area contributed by atoms with Crippen molar-refractivity contribution in [2.75, 3.05) is 41.0 Å². The van der Waals surface area contributed by atoms with Crippen molar-refractivity contribution >= 4 is 23.2 Å². The van der Waals surface area contributed by atoms with Gasteiger partial charge in [-0.15, -0.1) is 11.3 Å². The summed E-state index contributed by atoms with van der Waals surface area (Å²) in [4.78, 5) is 29.4. The highest BCUT2D eigenvalue weighted by Gasteiger charge is 2.44. The molecule has 1 N–H and O–H groups in total. The van der Waals surface area contributed by atoms with Crippen LogP contribution < -0.4 is 14.8 Å². The lowest BCUT2D eigenvalue weighted by Gasteiger charge is -2.39. The number of nitrogens with one attached hydrogen (secondary N) is 1. The van der Waals surface area contributed by atoms with E-state index >= 15 is 0 Å². The molecule has 180 valence electrons. The fraction of sp³-hybridized carbons (Fsp3) is 0.500. The lowest BCUT2D eigenvalue weighted by atomic mass is 9.81. The number of carbonyl (C=O) groups excluding carboxylic acids is 2. The minimum absolute atomic E-state index is 0.166. The van der Waals surface area contributed by atoms with Gasteiger partial charge in [-0.3, -0.25) is 9.59 Å². The average molecular weight is 477 g/mol. The summed E-state index contributed by atoms with van der Waals surface area (Å²) < 4.78 is 22.0. The minimum atomic E-state index is -0.612. The highest BCUT2D eigenvalue weighted by atomic mass is 32.1. The summed E-state index contributed by atoms with van der Waals surface area (Å²) in [6.45, 7) is 5.26. The van der Waals surface area contributed by atoms with Crippen molar-refractivity contribution in [3.8, 4) is 11.5 Å². The van der Waals surface area contributed by atoms with Crippen molar-refractivity contribution in [1.29, 1.82) is 0 Å². The van der Waals surface area contributed by atoms with Crippen molar-refractivity contribution in [3.05, 3.63) is 45.6 Å². The largest absolute Gasteiger partial charge is 0.493 e. The Balaban J connectivity index is 1.95. The van der Waals surface area contributed by atoms with Gasteiger partial charge in [0.25, 0.3) is 5.91 Å². The molecule has 0 unspecified atom stereocenters. The molecule has 3 rings (SSSR count). The molecule has 9 heteroatoms. The number of carbonyl (C=O) groups is 2. The van der Waals surface area contributed by atoms with E-state index in [-0.39, 0.29) is 18.1 Å². The normalized spacial score (nSPS) is 17.8. The quantitative estimate of drug-likeness (QED) is 0.499. The Kier molecular flexibility index (Phi) is 8.71. The zero-order valence-electron chi connectivity index (χ0n) is 19.8. The summed E-state index contributed by atoms with van der Waals surface area (Å²) in [6.07, 6.45) is 0.151. The van der Waals surface area contributed by atoms with Crippen LogP contribution in [0.3, 0.4) is 0 Å². The molecule has 0 saturated heterocycles. The number of nitrogens with zero attached hydrogens (tertiary/aromatic N) is 1. The van der Waals surface area contributed by atoms with Crippen LogP contribution in [0.25, 0.3) is 0 Å². The van der Waals surface area contributed by atoms with Crippen LogP contribution in [0.4, 0.5) is 0 Å². The van der Waals surface area contributed by atoms with E-state index in [0.717, 1.165) is 4.88 Å². The van der Waals surface area contributed by atoms with Gasteiger partial charge in [-0.2, -0.15) is 0 Å². The SMILES string of the molecule is CCOC(CCNC(=O)[C@H]1c2cc(OC)c(OC)cc2C(=O)N(C)[C@@H]1c1cccs1)OCC. The summed E-state index contributed by atoms with van der Waals surface area (Å²) in [7, 11) is 4.79. The van der Waals surface area contributed by atoms with E-state index < -0.39 is 12.0 Å². The van der Waals surface area contributed by atoms with Crippen molar-refractivity contribution in [1.82, 2.24) is 10.2 Å². The molecule has 1 aromatic carbocycles. The molecule has 0 saturated carbocycles. The number of fused-ring (bicyclic) bond motifs is 1. The standard InChI is InChI=1S/C24H32N2O6S/c1-6-31-20(32-7-2)10-11-25-23(27)21-15-13-17(29-4)18(30-5)14-16(15)24(28)26(3)22(21)19-9-8-12-33-19/h8-9,12-14,20-22H,6-7,10-11H2,1-5H3,(H,25,27)/t21-,22+/m0/s1.